The summed E-state index contributed by atoms with van der Waals surface area (Å²) in [6.45, 7) is 0.308. The van der Waals surface area contributed by atoms with Crippen molar-refractivity contribution >= 4 is 5.82 Å². The molecule has 3 nitrogen and oxygen atoms in total. The van der Waals surface area contributed by atoms with Gasteiger partial charge in [-0.3, -0.25) is 0 Å². The third-order valence-corrected chi connectivity index (χ3v) is 2.35. The molecule has 0 saturated heterocycles. The molecule has 0 atom stereocenters. The van der Waals surface area contributed by atoms with Gasteiger partial charge in [0, 0.05) is 6.54 Å². The van der Waals surface area contributed by atoms with Gasteiger partial charge in [0.25, 0.3) is 0 Å². The molecule has 2 aromatic rings. The maximum Gasteiger partial charge on any atom is 0.573 e. The number of benzene rings is 1. The second-order valence-corrected chi connectivity index (χ2v) is 3.89. The molecule has 0 radical (unpaired) electrons. The van der Waals surface area contributed by atoms with Crippen molar-refractivity contribution in [3.8, 4) is 5.75 Å². The number of hydrogen-bond donors (Lipinski definition) is 1. The fraction of sp³-hybridized carbons (Fsp3) is 0.154. The van der Waals surface area contributed by atoms with Crippen LogP contribution >= 0.6 is 0 Å². The molecule has 0 aliphatic heterocycles. The molecule has 1 N–H and O–H groups in total. The zero-order valence-corrected chi connectivity index (χ0v) is 10.1. The monoisotopic (exact) mass is 286 g/mol. The number of ether oxygens (including phenoxy) is 1. The van der Waals surface area contributed by atoms with Crippen LogP contribution in [0.15, 0.2) is 42.5 Å². The quantitative estimate of drug-likeness (QED) is 0.687. The van der Waals surface area contributed by atoms with Crippen molar-refractivity contribution in [3.05, 3.63) is 54.0 Å². The molecule has 0 bridgehead atoms. The zero-order valence-electron chi connectivity index (χ0n) is 10.1. The molecule has 1 aromatic carbocycles. The van der Waals surface area contributed by atoms with E-state index < -0.39 is 12.3 Å². The molecule has 2 rings (SSSR count). The Bertz CT molecular complexity index is 569. The predicted molar refractivity (Wildman–Crippen MR) is 64.6 cm³/mol. The summed E-state index contributed by atoms with van der Waals surface area (Å²) in [6.07, 6.45) is -4.70. The van der Waals surface area contributed by atoms with Gasteiger partial charge in [-0.05, 0) is 29.8 Å². The van der Waals surface area contributed by atoms with E-state index in [9.17, 15) is 17.6 Å². The van der Waals surface area contributed by atoms with Crippen molar-refractivity contribution in [2.45, 2.75) is 12.9 Å². The summed E-state index contributed by atoms with van der Waals surface area (Å²) in [5.41, 5.74) is 0.714. The minimum absolute atomic E-state index is 0.287. The number of rotatable bonds is 4. The molecule has 7 heteroatoms. The molecule has 0 aliphatic rings. The fourth-order valence-electron chi connectivity index (χ4n) is 1.51. The van der Waals surface area contributed by atoms with Crippen molar-refractivity contribution in [2.24, 2.45) is 0 Å². The topological polar surface area (TPSA) is 34.1 Å². The highest BCUT2D eigenvalue weighted by Crippen LogP contribution is 2.22. The van der Waals surface area contributed by atoms with E-state index in [0.29, 0.717) is 17.9 Å². The van der Waals surface area contributed by atoms with Gasteiger partial charge < -0.3 is 10.1 Å². The van der Waals surface area contributed by atoms with Crippen LogP contribution in [0.5, 0.6) is 5.75 Å². The average molecular weight is 286 g/mol. The van der Waals surface area contributed by atoms with E-state index in [2.05, 4.69) is 15.0 Å². The van der Waals surface area contributed by atoms with Crippen LogP contribution in [0.1, 0.15) is 5.56 Å². The van der Waals surface area contributed by atoms with Crippen molar-refractivity contribution in [1.82, 2.24) is 4.98 Å². The lowest BCUT2D eigenvalue weighted by Gasteiger charge is -2.10. The van der Waals surface area contributed by atoms with Gasteiger partial charge in [-0.1, -0.05) is 18.2 Å². The predicted octanol–water partition coefficient (Wildman–Crippen LogP) is 3.73. The van der Waals surface area contributed by atoms with Crippen LogP contribution in [0.2, 0.25) is 0 Å². The first kappa shape index (κ1) is 14.1. The van der Waals surface area contributed by atoms with Crippen LogP contribution in [-0.4, -0.2) is 11.3 Å². The maximum absolute atomic E-state index is 12.8. The van der Waals surface area contributed by atoms with Crippen molar-refractivity contribution in [3.63, 3.8) is 0 Å². The molecule has 1 aromatic heterocycles. The minimum atomic E-state index is -4.70. The van der Waals surface area contributed by atoms with Gasteiger partial charge >= 0.3 is 6.36 Å². The Morgan fingerprint density at radius 3 is 2.35 bits per heavy atom. The summed E-state index contributed by atoms with van der Waals surface area (Å²) in [5.74, 6) is -0.547. The molecule has 1 heterocycles. The molecule has 0 saturated carbocycles. The lowest BCUT2D eigenvalue weighted by molar-refractivity contribution is -0.274. The number of anilines is 1. The first-order chi connectivity index (χ1) is 9.42. The minimum Gasteiger partial charge on any atom is -0.406 e. The number of nitrogens with zero attached hydrogens (tertiary/aromatic N) is 1. The number of pyridine rings is 1. The standard InChI is InChI=1S/C13H10F4N2O/c14-11-2-1-3-12(19-11)18-8-9-4-6-10(7-5-9)20-13(15,16)17/h1-7H,8H2,(H,18,19). The molecule has 0 spiro atoms. The zero-order chi connectivity index (χ0) is 14.6. The molecule has 106 valence electrons. The summed E-state index contributed by atoms with van der Waals surface area (Å²) in [7, 11) is 0. The number of halogens is 4. The van der Waals surface area contributed by atoms with Gasteiger partial charge in [-0.25, -0.2) is 4.98 Å². The van der Waals surface area contributed by atoms with E-state index >= 15 is 0 Å². The molecule has 0 aliphatic carbocycles. The van der Waals surface area contributed by atoms with Crippen LogP contribution in [0, 0.1) is 5.95 Å². The molecular weight excluding hydrogens is 276 g/mol. The van der Waals surface area contributed by atoms with Crippen molar-refractivity contribution in [2.75, 3.05) is 5.32 Å². The van der Waals surface area contributed by atoms with Gasteiger partial charge in [0.15, 0.2) is 0 Å². The summed E-state index contributed by atoms with van der Waals surface area (Å²) in [5, 5.41) is 2.86. The summed E-state index contributed by atoms with van der Waals surface area (Å²) in [6, 6.07) is 9.69. The maximum atomic E-state index is 12.8. The Morgan fingerprint density at radius 1 is 1.05 bits per heavy atom. The lowest BCUT2D eigenvalue weighted by Crippen LogP contribution is -2.17. The molecular formula is C13H10F4N2O. The second-order valence-electron chi connectivity index (χ2n) is 3.89. The van der Waals surface area contributed by atoms with Gasteiger partial charge in [0.05, 0.1) is 0 Å². The van der Waals surface area contributed by atoms with Crippen LogP contribution < -0.4 is 10.1 Å². The Kier molecular flexibility index (Phi) is 4.07. The van der Waals surface area contributed by atoms with Crippen LogP contribution in [0.4, 0.5) is 23.4 Å². The number of aromatic nitrogens is 1. The number of hydrogen-bond acceptors (Lipinski definition) is 3. The Morgan fingerprint density at radius 2 is 1.75 bits per heavy atom. The number of nitrogens with one attached hydrogen (secondary N) is 1. The van der Waals surface area contributed by atoms with E-state index in [0.717, 1.165) is 0 Å². The Labute approximate surface area is 112 Å². The van der Waals surface area contributed by atoms with E-state index in [-0.39, 0.29) is 5.75 Å². The van der Waals surface area contributed by atoms with E-state index in [1.807, 2.05) is 0 Å². The molecule has 0 amide bonds. The van der Waals surface area contributed by atoms with Crippen molar-refractivity contribution in [1.29, 1.82) is 0 Å². The van der Waals surface area contributed by atoms with Gasteiger partial charge in [0.2, 0.25) is 5.95 Å². The van der Waals surface area contributed by atoms with Crippen LogP contribution in [0.25, 0.3) is 0 Å². The van der Waals surface area contributed by atoms with Crippen molar-refractivity contribution < 1.29 is 22.3 Å². The SMILES string of the molecule is Fc1cccc(NCc2ccc(OC(F)(F)F)cc2)n1. The van der Waals surface area contributed by atoms with Gasteiger partial charge in [-0.2, -0.15) is 4.39 Å². The number of alkyl halides is 3. The van der Waals surface area contributed by atoms with E-state index in [1.54, 1.807) is 6.07 Å². The summed E-state index contributed by atoms with van der Waals surface area (Å²) < 4.78 is 52.5. The van der Waals surface area contributed by atoms with Gasteiger partial charge in [0.1, 0.15) is 11.6 Å². The normalized spacial score (nSPS) is 11.2. The third-order valence-electron chi connectivity index (χ3n) is 2.35. The van der Waals surface area contributed by atoms with E-state index in [1.165, 1.54) is 36.4 Å². The second kappa shape index (κ2) is 5.77. The highest BCUT2D eigenvalue weighted by molar-refractivity contribution is 5.36. The third kappa shape index (κ3) is 4.42. The van der Waals surface area contributed by atoms with Gasteiger partial charge in [-0.15, -0.1) is 13.2 Å². The highest BCUT2D eigenvalue weighted by Gasteiger charge is 2.30. The molecule has 0 fully saturated rings. The summed E-state index contributed by atoms with van der Waals surface area (Å²) >= 11 is 0. The average Bonchev–Trinajstić information content (AvgIpc) is 2.36. The molecule has 0 unspecified atom stereocenters. The van der Waals surface area contributed by atoms with E-state index in [4.69, 9.17) is 0 Å². The Balaban J connectivity index is 1.94. The Hall–Kier alpha value is -2.31. The summed E-state index contributed by atoms with van der Waals surface area (Å²) in [4.78, 5) is 3.60. The first-order valence-corrected chi connectivity index (χ1v) is 5.63. The molecule has 20 heavy (non-hydrogen) atoms. The largest absolute Gasteiger partial charge is 0.573 e. The highest BCUT2D eigenvalue weighted by atomic mass is 19.4. The van der Waals surface area contributed by atoms with Crippen LogP contribution in [0.3, 0.4) is 0 Å². The first-order valence-electron chi connectivity index (χ1n) is 5.63. The fourth-order valence-corrected chi connectivity index (χ4v) is 1.51. The lowest BCUT2D eigenvalue weighted by atomic mass is 10.2. The smallest absolute Gasteiger partial charge is 0.406 e. The van der Waals surface area contributed by atoms with Crippen LogP contribution in [-0.2, 0) is 6.54 Å².